The van der Waals surface area contributed by atoms with Gasteiger partial charge in [0.25, 0.3) is 0 Å². The maximum Gasteiger partial charge on any atom is 0.335 e. The molecule has 0 spiro atoms. The molecule has 1 aliphatic heterocycles. The van der Waals surface area contributed by atoms with E-state index in [2.05, 4.69) is 5.32 Å². The summed E-state index contributed by atoms with van der Waals surface area (Å²) in [5.74, 6) is -1.13. The summed E-state index contributed by atoms with van der Waals surface area (Å²) in [6.07, 6.45) is 1.87. The highest BCUT2D eigenvalue weighted by molar-refractivity contribution is 6.40. The second-order valence-electron chi connectivity index (χ2n) is 5.62. The molecule has 2 rings (SSSR count). The number of hydrogen-bond acceptors (Lipinski definition) is 2. The number of carbonyl (C=O) groups is 2. The number of rotatable bonds is 2. The Morgan fingerprint density at radius 3 is 2.29 bits per heavy atom. The van der Waals surface area contributed by atoms with E-state index in [1.165, 1.54) is 12.1 Å². The minimum atomic E-state index is -1.13. The van der Waals surface area contributed by atoms with E-state index in [0.717, 1.165) is 12.8 Å². The first-order chi connectivity index (χ1) is 9.72. The SMILES string of the molecule is CC1(C)CCCN1C(=O)Nc1c(Cl)cc(C(=O)O)cc1Cl. The van der Waals surface area contributed by atoms with E-state index in [1.807, 2.05) is 13.8 Å². The van der Waals surface area contributed by atoms with Gasteiger partial charge in [0.05, 0.1) is 21.3 Å². The van der Waals surface area contributed by atoms with Gasteiger partial charge in [0.15, 0.2) is 0 Å². The van der Waals surface area contributed by atoms with E-state index >= 15 is 0 Å². The molecule has 1 aromatic rings. The molecule has 7 heteroatoms. The maximum atomic E-state index is 12.3. The predicted molar refractivity (Wildman–Crippen MR) is 82.5 cm³/mol. The smallest absolute Gasteiger partial charge is 0.335 e. The van der Waals surface area contributed by atoms with Gasteiger partial charge in [-0.2, -0.15) is 0 Å². The zero-order chi connectivity index (χ0) is 15.8. The summed E-state index contributed by atoms with van der Waals surface area (Å²) in [7, 11) is 0. The van der Waals surface area contributed by atoms with Gasteiger partial charge in [-0.3, -0.25) is 0 Å². The summed E-state index contributed by atoms with van der Waals surface area (Å²) in [6, 6.07) is 2.24. The molecular weight excluding hydrogens is 315 g/mol. The largest absolute Gasteiger partial charge is 0.478 e. The lowest BCUT2D eigenvalue weighted by Gasteiger charge is -2.31. The van der Waals surface area contributed by atoms with Gasteiger partial charge in [-0.1, -0.05) is 23.2 Å². The Morgan fingerprint density at radius 1 is 1.29 bits per heavy atom. The summed E-state index contributed by atoms with van der Waals surface area (Å²) in [4.78, 5) is 25.0. The van der Waals surface area contributed by atoms with Crippen molar-refractivity contribution in [3.63, 3.8) is 0 Å². The molecule has 0 aliphatic carbocycles. The van der Waals surface area contributed by atoms with Crippen LogP contribution in [-0.4, -0.2) is 34.1 Å². The minimum absolute atomic E-state index is 0.0236. The highest BCUT2D eigenvalue weighted by atomic mass is 35.5. The number of amides is 2. The molecule has 1 aliphatic rings. The number of benzene rings is 1. The van der Waals surface area contributed by atoms with Crippen molar-refractivity contribution < 1.29 is 14.7 Å². The number of aromatic carboxylic acids is 1. The summed E-state index contributed by atoms with van der Waals surface area (Å²) in [5, 5.41) is 11.8. The topological polar surface area (TPSA) is 69.6 Å². The van der Waals surface area contributed by atoms with Crippen LogP contribution < -0.4 is 5.32 Å². The first-order valence-electron chi connectivity index (χ1n) is 6.53. The van der Waals surface area contributed by atoms with Crippen molar-refractivity contribution in [3.05, 3.63) is 27.7 Å². The minimum Gasteiger partial charge on any atom is -0.478 e. The third kappa shape index (κ3) is 3.24. The molecule has 21 heavy (non-hydrogen) atoms. The molecule has 0 radical (unpaired) electrons. The van der Waals surface area contributed by atoms with Gasteiger partial charge < -0.3 is 15.3 Å². The fraction of sp³-hybridized carbons (Fsp3) is 0.429. The lowest BCUT2D eigenvalue weighted by molar-refractivity contribution is 0.0697. The molecule has 1 fully saturated rings. The van der Waals surface area contributed by atoms with Gasteiger partial charge in [0, 0.05) is 12.1 Å². The lowest BCUT2D eigenvalue weighted by atomic mass is 10.0. The van der Waals surface area contributed by atoms with E-state index in [1.54, 1.807) is 4.90 Å². The summed E-state index contributed by atoms with van der Waals surface area (Å²) in [6.45, 7) is 4.66. The molecule has 1 heterocycles. The van der Waals surface area contributed by atoms with Gasteiger partial charge in [0.1, 0.15) is 0 Å². The van der Waals surface area contributed by atoms with E-state index in [9.17, 15) is 9.59 Å². The van der Waals surface area contributed by atoms with Crippen LogP contribution in [0.5, 0.6) is 0 Å². The van der Waals surface area contributed by atoms with Crippen LogP contribution in [0.25, 0.3) is 0 Å². The molecule has 114 valence electrons. The monoisotopic (exact) mass is 330 g/mol. The Kier molecular flexibility index (Phi) is 4.35. The Balaban J connectivity index is 2.24. The molecule has 1 aromatic carbocycles. The van der Waals surface area contributed by atoms with Crippen LogP contribution >= 0.6 is 23.2 Å². The van der Waals surface area contributed by atoms with E-state index in [0.29, 0.717) is 6.54 Å². The Morgan fingerprint density at radius 2 is 1.86 bits per heavy atom. The zero-order valence-electron chi connectivity index (χ0n) is 11.7. The lowest BCUT2D eigenvalue weighted by Crippen LogP contribution is -2.45. The molecule has 1 saturated heterocycles. The number of carbonyl (C=O) groups excluding carboxylic acids is 1. The predicted octanol–water partition coefficient (Wildman–Crippen LogP) is 4.10. The van der Waals surface area contributed by atoms with Gasteiger partial charge in [0.2, 0.25) is 0 Å². The number of anilines is 1. The normalized spacial score (nSPS) is 16.9. The number of carboxylic acid groups (broad SMARTS) is 1. The van der Waals surface area contributed by atoms with Crippen molar-refractivity contribution in [2.45, 2.75) is 32.2 Å². The molecule has 0 atom stereocenters. The average Bonchev–Trinajstić information content (AvgIpc) is 2.72. The van der Waals surface area contributed by atoms with Crippen LogP contribution in [0.3, 0.4) is 0 Å². The number of halogens is 2. The van der Waals surface area contributed by atoms with Crippen LogP contribution in [0.1, 0.15) is 37.0 Å². The highest BCUT2D eigenvalue weighted by Crippen LogP contribution is 2.34. The highest BCUT2D eigenvalue weighted by Gasteiger charge is 2.35. The van der Waals surface area contributed by atoms with Crippen LogP contribution in [0.15, 0.2) is 12.1 Å². The van der Waals surface area contributed by atoms with Crippen molar-refractivity contribution in [3.8, 4) is 0 Å². The zero-order valence-corrected chi connectivity index (χ0v) is 13.3. The number of likely N-dealkylation sites (tertiary alicyclic amines) is 1. The molecule has 0 saturated carbocycles. The average molecular weight is 331 g/mol. The summed E-state index contributed by atoms with van der Waals surface area (Å²) >= 11 is 12.0. The fourth-order valence-electron chi connectivity index (χ4n) is 2.47. The first-order valence-corrected chi connectivity index (χ1v) is 7.29. The quantitative estimate of drug-likeness (QED) is 0.857. The molecule has 0 unspecified atom stereocenters. The van der Waals surface area contributed by atoms with Crippen LogP contribution in [0, 0.1) is 0 Å². The molecule has 5 nitrogen and oxygen atoms in total. The van der Waals surface area contributed by atoms with Gasteiger partial charge in [-0.25, -0.2) is 9.59 Å². The fourth-order valence-corrected chi connectivity index (χ4v) is 3.06. The Labute approximate surface area is 132 Å². The van der Waals surface area contributed by atoms with Gasteiger partial charge >= 0.3 is 12.0 Å². The van der Waals surface area contributed by atoms with E-state index < -0.39 is 5.97 Å². The van der Waals surface area contributed by atoms with Crippen molar-refractivity contribution >= 4 is 40.9 Å². The summed E-state index contributed by atoms with van der Waals surface area (Å²) in [5.41, 5.74) is -0.00938. The van der Waals surface area contributed by atoms with Crippen molar-refractivity contribution in [2.75, 3.05) is 11.9 Å². The number of urea groups is 1. The van der Waals surface area contributed by atoms with Gasteiger partial charge in [-0.05, 0) is 38.8 Å². The van der Waals surface area contributed by atoms with Crippen molar-refractivity contribution in [1.29, 1.82) is 0 Å². The number of carboxylic acids is 1. The van der Waals surface area contributed by atoms with Gasteiger partial charge in [-0.15, -0.1) is 0 Å². The summed E-state index contributed by atoms with van der Waals surface area (Å²) < 4.78 is 0. The second kappa shape index (κ2) is 5.73. The van der Waals surface area contributed by atoms with Crippen molar-refractivity contribution in [1.82, 2.24) is 4.90 Å². The number of hydrogen-bond donors (Lipinski definition) is 2. The Bertz CT molecular complexity index is 579. The molecule has 2 N–H and O–H groups in total. The Hall–Kier alpha value is -1.46. The first kappa shape index (κ1) is 15.9. The molecule has 2 amide bonds. The van der Waals surface area contributed by atoms with Crippen LogP contribution in [0.4, 0.5) is 10.5 Å². The number of nitrogens with zero attached hydrogens (tertiary/aromatic N) is 1. The third-order valence-corrected chi connectivity index (χ3v) is 4.26. The van der Waals surface area contributed by atoms with Crippen LogP contribution in [-0.2, 0) is 0 Å². The standard InChI is InChI=1S/C14H16Cl2N2O3/c1-14(2)4-3-5-18(14)13(21)17-11-9(15)6-8(12(19)20)7-10(11)16/h6-7H,3-5H2,1-2H3,(H,17,21)(H,19,20). The molecule has 0 bridgehead atoms. The maximum absolute atomic E-state index is 12.3. The number of nitrogens with one attached hydrogen (secondary N) is 1. The van der Waals surface area contributed by atoms with E-state index in [4.69, 9.17) is 28.3 Å². The van der Waals surface area contributed by atoms with E-state index in [-0.39, 0.29) is 32.9 Å². The molecule has 0 aromatic heterocycles. The third-order valence-electron chi connectivity index (χ3n) is 3.67. The van der Waals surface area contributed by atoms with Crippen molar-refractivity contribution in [2.24, 2.45) is 0 Å². The van der Waals surface area contributed by atoms with Crippen LogP contribution in [0.2, 0.25) is 10.0 Å². The second-order valence-corrected chi connectivity index (χ2v) is 6.43. The molecular formula is C14H16Cl2N2O3.